The van der Waals surface area contributed by atoms with Crippen molar-refractivity contribution in [1.29, 1.82) is 0 Å². The Bertz CT molecular complexity index is 912. The zero-order valence-corrected chi connectivity index (χ0v) is 15.8. The SMILES string of the molecule is C[C@H](NC(=O)NCCc1ccc(C(F)(F)F)cc1)c1ccc(S(N)(=O)=O)cc1. The number of sulfonamides is 1. The van der Waals surface area contributed by atoms with Gasteiger partial charge in [0.15, 0.2) is 0 Å². The molecule has 0 bridgehead atoms. The second kappa shape index (κ2) is 8.61. The minimum Gasteiger partial charge on any atom is -0.338 e. The maximum absolute atomic E-state index is 12.5. The normalized spacial score (nSPS) is 13.0. The highest BCUT2D eigenvalue weighted by Gasteiger charge is 2.29. The monoisotopic (exact) mass is 415 g/mol. The van der Waals surface area contributed by atoms with Crippen molar-refractivity contribution in [2.24, 2.45) is 5.14 Å². The Morgan fingerprint density at radius 1 is 1.07 bits per heavy atom. The number of benzene rings is 2. The molecule has 0 spiro atoms. The summed E-state index contributed by atoms with van der Waals surface area (Å²) >= 11 is 0. The van der Waals surface area contributed by atoms with Crippen molar-refractivity contribution in [3.8, 4) is 0 Å². The Hall–Kier alpha value is -2.59. The lowest BCUT2D eigenvalue weighted by molar-refractivity contribution is -0.137. The van der Waals surface area contributed by atoms with Crippen molar-refractivity contribution >= 4 is 16.1 Å². The number of nitrogens with one attached hydrogen (secondary N) is 2. The average molecular weight is 415 g/mol. The van der Waals surface area contributed by atoms with Crippen LogP contribution in [0.25, 0.3) is 0 Å². The molecule has 2 amide bonds. The van der Waals surface area contributed by atoms with Crippen LogP contribution in [0, 0.1) is 0 Å². The van der Waals surface area contributed by atoms with E-state index >= 15 is 0 Å². The topological polar surface area (TPSA) is 101 Å². The Morgan fingerprint density at radius 2 is 1.64 bits per heavy atom. The van der Waals surface area contributed by atoms with Crippen LogP contribution >= 0.6 is 0 Å². The first-order valence-corrected chi connectivity index (χ1v) is 9.85. The summed E-state index contributed by atoms with van der Waals surface area (Å²) in [5.41, 5.74) is 0.634. The average Bonchev–Trinajstić information content (AvgIpc) is 2.60. The third kappa shape index (κ3) is 6.24. The van der Waals surface area contributed by atoms with Crippen LogP contribution in [0.15, 0.2) is 53.4 Å². The van der Waals surface area contributed by atoms with E-state index in [0.717, 1.165) is 12.1 Å². The van der Waals surface area contributed by atoms with Crippen LogP contribution in [0.4, 0.5) is 18.0 Å². The molecule has 0 aliphatic carbocycles. The lowest BCUT2D eigenvalue weighted by Crippen LogP contribution is -2.38. The molecule has 1 atom stereocenters. The van der Waals surface area contributed by atoms with E-state index in [-0.39, 0.29) is 17.5 Å². The molecular weight excluding hydrogens is 395 g/mol. The highest BCUT2D eigenvalue weighted by Crippen LogP contribution is 2.29. The molecule has 152 valence electrons. The van der Waals surface area contributed by atoms with Crippen molar-refractivity contribution in [2.45, 2.75) is 30.5 Å². The third-order valence-electron chi connectivity index (χ3n) is 4.04. The quantitative estimate of drug-likeness (QED) is 0.676. The van der Waals surface area contributed by atoms with Gasteiger partial charge in [-0.05, 0) is 48.7 Å². The summed E-state index contributed by atoms with van der Waals surface area (Å²) in [5, 5.41) is 10.3. The molecule has 10 heteroatoms. The third-order valence-corrected chi connectivity index (χ3v) is 4.97. The minimum atomic E-state index is -4.38. The molecule has 0 aliphatic heterocycles. The molecule has 0 radical (unpaired) electrons. The number of carbonyl (C=O) groups excluding carboxylic acids is 1. The first kappa shape index (κ1) is 21.7. The van der Waals surface area contributed by atoms with Crippen LogP contribution in [-0.2, 0) is 22.6 Å². The Balaban J connectivity index is 1.82. The maximum Gasteiger partial charge on any atom is 0.416 e. The van der Waals surface area contributed by atoms with E-state index in [9.17, 15) is 26.4 Å². The summed E-state index contributed by atoms with van der Waals surface area (Å²) in [4.78, 5) is 11.9. The standard InChI is InChI=1S/C18H20F3N3O3S/c1-12(14-4-8-16(9-5-14)28(22,26)27)24-17(25)23-11-10-13-2-6-15(7-3-13)18(19,20)21/h2-9,12H,10-11H2,1H3,(H2,22,26,27)(H2,23,24,25)/t12-/m0/s1. The molecule has 0 saturated heterocycles. The zero-order valence-electron chi connectivity index (χ0n) is 15.0. The number of alkyl halides is 3. The molecule has 0 heterocycles. The number of urea groups is 1. The van der Waals surface area contributed by atoms with Gasteiger partial charge in [-0.2, -0.15) is 13.2 Å². The molecule has 4 N–H and O–H groups in total. The molecule has 0 aliphatic rings. The molecule has 0 aromatic heterocycles. The van der Waals surface area contributed by atoms with Gasteiger partial charge in [0, 0.05) is 6.54 Å². The van der Waals surface area contributed by atoms with Crippen LogP contribution in [0.2, 0.25) is 0 Å². The number of nitrogens with two attached hydrogens (primary N) is 1. The number of primary sulfonamides is 1. The molecule has 6 nitrogen and oxygen atoms in total. The Kier molecular flexibility index (Phi) is 6.68. The number of carbonyl (C=O) groups is 1. The lowest BCUT2D eigenvalue weighted by Gasteiger charge is -2.15. The minimum absolute atomic E-state index is 0.0237. The fourth-order valence-electron chi connectivity index (χ4n) is 2.46. The number of amides is 2. The van der Waals surface area contributed by atoms with Crippen molar-refractivity contribution < 1.29 is 26.4 Å². The van der Waals surface area contributed by atoms with Crippen LogP contribution in [0.3, 0.4) is 0 Å². The van der Waals surface area contributed by atoms with Crippen LogP contribution < -0.4 is 15.8 Å². The molecular formula is C18H20F3N3O3S. The number of rotatable bonds is 6. The number of hydrogen-bond acceptors (Lipinski definition) is 3. The summed E-state index contributed by atoms with van der Waals surface area (Å²) in [6.07, 6.45) is -4.00. The van der Waals surface area contributed by atoms with Crippen molar-refractivity contribution in [2.75, 3.05) is 6.54 Å². The predicted octanol–water partition coefficient (Wildman–Crippen LogP) is 2.96. The Labute approximate surface area is 161 Å². The summed E-state index contributed by atoms with van der Waals surface area (Å²) in [7, 11) is -3.78. The highest BCUT2D eigenvalue weighted by molar-refractivity contribution is 7.89. The van der Waals surface area contributed by atoms with E-state index in [0.29, 0.717) is 17.5 Å². The van der Waals surface area contributed by atoms with Gasteiger partial charge in [0.2, 0.25) is 10.0 Å². The van der Waals surface area contributed by atoms with Crippen LogP contribution in [0.5, 0.6) is 0 Å². The molecule has 2 rings (SSSR count). The van der Waals surface area contributed by atoms with E-state index in [1.54, 1.807) is 19.1 Å². The van der Waals surface area contributed by atoms with E-state index < -0.39 is 27.8 Å². The molecule has 28 heavy (non-hydrogen) atoms. The summed E-state index contributed by atoms with van der Waals surface area (Å²) in [6, 6.07) is 9.72. The van der Waals surface area contributed by atoms with Crippen molar-refractivity contribution in [3.63, 3.8) is 0 Å². The number of hydrogen-bond donors (Lipinski definition) is 3. The predicted molar refractivity (Wildman–Crippen MR) is 97.9 cm³/mol. The van der Waals surface area contributed by atoms with E-state index in [1.165, 1.54) is 24.3 Å². The molecule has 2 aromatic carbocycles. The second-order valence-corrected chi connectivity index (χ2v) is 7.74. The van der Waals surface area contributed by atoms with Crippen LogP contribution in [-0.4, -0.2) is 21.0 Å². The van der Waals surface area contributed by atoms with Gasteiger partial charge in [-0.15, -0.1) is 0 Å². The maximum atomic E-state index is 12.5. The molecule has 0 fully saturated rings. The van der Waals surface area contributed by atoms with E-state index in [1.807, 2.05) is 0 Å². The van der Waals surface area contributed by atoms with Crippen molar-refractivity contribution in [1.82, 2.24) is 10.6 Å². The largest absolute Gasteiger partial charge is 0.416 e. The lowest BCUT2D eigenvalue weighted by atomic mass is 10.1. The Morgan fingerprint density at radius 3 is 2.14 bits per heavy atom. The van der Waals surface area contributed by atoms with Gasteiger partial charge in [0.05, 0.1) is 16.5 Å². The van der Waals surface area contributed by atoms with Gasteiger partial charge >= 0.3 is 12.2 Å². The van der Waals surface area contributed by atoms with Gasteiger partial charge in [-0.25, -0.2) is 18.4 Å². The fraction of sp³-hybridized carbons (Fsp3) is 0.278. The zero-order chi connectivity index (χ0) is 20.9. The van der Waals surface area contributed by atoms with Gasteiger partial charge in [0.1, 0.15) is 0 Å². The van der Waals surface area contributed by atoms with E-state index in [4.69, 9.17) is 5.14 Å². The van der Waals surface area contributed by atoms with E-state index in [2.05, 4.69) is 10.6 Å². The highest BCUT2D eigenvalue weighted by atomic mass is 32.2. The summed E-state index contributed by atoms with van der Waals surface area (Å²) in [6.45, 7) is 1.97. The van der Waals surface area contributed by atoms with Gasteiger partial charge in [0.25, 0.3) is 0 Å². The second-order valence-electron chi connectivity index (χ2n) is 6.18. The summed E-state index contributed by atoms with van der Waals surface area (Å²) in [5.74, 6) is 0. The number of halogens is 3. The first-order chi connectivity index (χ1) is 13.0. The van der Waals surface area contributed by atoms with Gasteiger partial charge in [-0.1, -0.05) is 24.3 Å². The first-order valence-electron chi connectivity index (χ1n) is 8.30. The van der Waals surface area contributed by atoms with Gasteiger partial charge in [-0.3, -0.25) is 0 Å². The molecule has 0 unspecified atom stereocenters. The fourth-order valence-corrected chi connectivity index (χ4v) is 2.97. The smallest absolute Gasteiger partial charge is 0.338 e. The van der Waals surface area contributed by atoms with Crippen LogP contribution in [0.1, 0.15) is 29.7 Å². The van der Waals surface area contributed by atoms with Gasteiger partial charge < -0.3 is 10.6 Å². The summed E-state index contributed by atoms with van der Waals surface area (Å²) < 4.78 is 60.0. The molecule has 0 saturated carbocycles. The van der Waals surface area contributed by atoms with Crippen molar-refractivity contribution in [3.05, 3.63) is 65.2 Å². The molecule has 2 aromatic rings.